The first-order valence-corrected chi connectivity index (χ1v) is 8.07. The molecule has 1 N–H and O–H groups in total. The van der Waals surface area contributed by atoms with Crippen LogP contribution in [0, 0.1) is 6.92 Å². The molecule has 1 aromatic heterocycles. The molecule has 1 atom stereocenters. The van der Waals surface area contributed by atoms with Crippen LogP contribution in [0.5, 0.6) is 0 Å². The van der Waals surface area contributed by atoms with Gasteiger partial charge in [0.05, 0.1) is 11.3 Å². The Kier molecular flexibility index (Phi) is 4.66. The van der Waals surface area contributed by atoms with Gasteiger partial charge in [-0.25, -0.2) is 0 Å². The predicted molar refractivity (Wildman–Crippen MR) is 86.5 cm³/mol. The monoisotopic (exact) mass is 314 g/mol. The lowest BCUT2D eigenvalue weighted by molar-refractivity contribution is 0.0941. The van der Waals surface area contributed by atoms with E-state index in [1.165, 1.54) is 6.42 Å². The molecule has 1 aliphatic rings. The highest BCUT2D eigenvalue weighted by molar-refractivity contribution is 5.97. The van der Waals surface area contributed by atoms with E-state index in [9.17, 15) is 4.79 Å². The average Bonchev–Trinajstić information content (AvgIpc) is 3.20. The smallest absolute Gasteiger partial charge is 0.253 e. The standard InChI is InChI=1S/C16H22N6O/c1-3-21-10-6-7-13(21)11-17-16(23)14-8-4-5-9-15(14)22-12(2)18-19-20-22/h4-5,8-9,13H,3,6-7,10-11H2,1-2H3,(H,17,23). The van der Waals surface area contributed by atoms with Crippen molar-refractivity contribution < 1.29 is 4.79 Å². The van der Waals surface area contributed by atoms with Crippen LogP contribution in [0.25, 0.3) is 5.69 Å². The van der Waals surface area contributed by atoms with Crippen molar-refractivity contribution in [1.82, 2.24) is 30.4 Å². The number of hydrogen-bond acceptors (Lipinski definition) is 5. The number of likely N-dealkylation sites (tertiary alicyclic amines) is 1. The second kappa shape index (κ2) is 6.87. The van der Waals surface area contributed by atoms with Gasteiger partial charge < -0.3 is 5.32 Å². The molecule has 0 bridgehead atoms. The van der Waals surface area contributed by atoms with E-state index < -0.39 is 0 Å². The van der Waals surface area contributed by atoms with Crippen molar-refractivity contribution in [3.05, 3.63) is 35.7 Å². The van der Waals surface area contributed by atoms with E-state index in [1.807, 2.05) is 25.1 Å². The first-order valence-electron chi connectivity index (χ1n) is 8.07. The summed E-state index contributed by atoms with van der Waals surface area (Å²) in [6.07, 6.45) is 2.34. The molecule has 1 saturated heterocycles. The SMILES string of the molecule is CCN1CCCC1CNC(=O)c1ccccc1-n1nnnc1C. The van der Waals surface area contributed by atoms with Crippen molar-refractivity contribution in [2.24, 2.45) is 0 Å². The largest absolute Gasteiger partial charge is 0.350 e. The normalized spacial score (nSPS) is 18.3. The van der Waals surface area contributed by atoms with Gasteiger partial charge >= 0.3 is 0 Å². The number of tetrazole rings is 1. The Morgan fingerprint density at radius 3 is 2.96 bits per heavy atom. The number of nitrogens with zero attached hydrogens (tertiary/aromatic N) is 5. The summed E-state index contributed by atoms with van der Waals surface area (Å²) in [5, 5.41) is 14.6. The van der Waals surface area contributed by atoms with Crippen LogP contribution in [0.4, 0.5) is 0 Å². The van der Waals surface area contributed by atoms with E-state index in [4.69, 9.17) is 0 Å². The molecule has 2 aromatic rings. The molecule has 122 valence electrons. The van der Waals surface area contributed by atoms with Crippen molar-refractivity contribution in [3.8, 4) is 5.69 Å². The average molecular weight is 314 g/mol. The summed E-state index contributed by atoms with van der Waals surface area (Å²) in [7, 11) is 0. The number of benzene rings is 1. The van der Waals surface area contributed by atoms with Crippen molar-refractivity contribution in [3.63, 3.8) is 0 Å². The van der Waals surface area contributed by atoms with Gasteiger partial charge in [0, 0.05) is 12.6 Å². The Bertz CT molecular complexity index is 683. The van der Waals surface area contributed by atoms with Crippen LogP contribution >= 0.6 is 0 Å². The third kappa shape index (κ3) is 3.24. The number of nitrogens with one attached hydrogen (secondary N) is 1. The van der Waals surface area contributed by atoms with Crippen LogP contribution < -0.4 is 5.32 Å². The molecule has 7 nitrogen and oxygen atoms in total. The zero-order chi connectivity index (χ0) is 16.2. The summed E-state index contributed by atoms with van der Waals surface area (Å²) in [6, 6.07) is 7.82. The number of aromatic nitrogens is 4. The highest BCUT2D eigenvalue weighted by atomic mass is 16.1. The molecule has 3 rings (SSSR count). The lowest BCUT2D eigenvalue weighted by atomic mass is 10.1. The van der Waals surface area contributed by atoms with Gasteiger partial charge in [-0.05, 0) is 55.4 Å². The van der Waals surface area contributed by atoms with Gasteiger partial charge in [-0.2, -0.15) is 4.68 Å². The Balaban J connectivity index is 1.74. The molecular formula is C16H22N6O. The van der Waals surface area contributed by atoms with Crippen LogP contribution in [0.3, 0.4) is 0 Å². The van der Waals surface area contributed by atoms with Crippen LogP contribution in [0.15, 0.2) is 24.3 Å². The number of amides is 1. The lowest BCUT2D eigenvalue weighted by Crippen LogP contribution is -2.40. The minimum atomic E-state index is -0.0848. The van der Waals surface area contributed by atoms with E-state index in [0.29, 0.717) is 29.7 Å². The topological polar surface area (TPSA) is 75.9 Å². The molecule has 23 heavy (non-hydrogen) atoms. The maximum atomic E-state index is 12.6. The minimum Gasteiger partial charge on any atom is -0.350 e. The molecule has 1 amide bonds. The molecule has 1 aromatic carbocycles. The molecular weight excluding hydrogens is 292 g/mol. The van der Waals surface area contributed by atoms with E-state index in [0.717, 1.165) is 19.5 Å². The molecule has 0 saturated carbocycles. The third-order valence-electron chi connectivity index (χ3n) is 4.41. The number of carbonyl (C=O) groups is 1. The predicted octanol–water partition coefficient (Wildman–Crippen LogP) is 1.18. The second-order valence-electron chi connectivity index (χ2n) is 5.79. The summed E-state index contributed by atoms with van der Waals surface area (Å²) in [6.45, 7) is 6.80. The zero-order valence-corrected chi connectivity index (χ0v) is 13.6. The second-order valence-corrected chi connectivity index (χ2v) is 5.79. The highest BCUT2D eigenvalue weighted by Crippen LogP contribution is 2.17. The van der Waals surface area contributed by atoms with Crippen LogP contribution in [-0.2, 0) is 0 Å². The molecule has 1 fully saturated rings. The summed E-state index contributed by atoms with van der Waals surface area (Å²) in [5.41, 5.74) is 1.29. The lowest BCUT2D eigenvalue weighted by Gasteiger charge is -2.23. The summed E-state index contributed by atoms with van der Waals surface area (Å²) in [4.78, 5) is 15.0. The Morgan fingerprint density at radius 1 is 1.39 bits per heavy atom. The van der Waals surface area contributed by atoms with E-state index >= 15 is 0 Å². The van der Waals surface area contributed by atoms with Gasteiger partial charge in [-0.15, -0.1) is 5.10 Å². The van der Waals surface area contributed by atoms with Crippen molar-refractivity contribution in [1.29, 1.82) is 0 Å². The number of para-hydroxylation sites is 1. The van der Waals surface area contributed by atoms with Crippen molar-refractivity contribution in [2.75, 3.05) is 19.6 Å². The fourth-order valence-corrected chi connectivity index (χ4v) is 3.15. The van der Waals surface area contributed by atoms with Crippen LogP contribution in [0.1, 0.15) is 35.9 Å². The minimum absolute atomic E-state index is 0.0848. The van der Waals surface area contributed by atoms with Crippen LogP contribution in [0.2, 0.25) is 0 Å². The van der Waals surface area contributed by atoms with Gasteiger partial charge in [0.1, 0.15) is 0 Å². The van der Waals surface area contributed by atoms with Gasteiger partial charge in [0.15, 0.2) is 5.82 Å². The molecule has 0 radical (unpaired) electrons. The first kappa shape index (κ1) is 15.6. The van der Waals surface area contributed by atoms with E-state index in [-0.39, 0.29) is 5.91 Å². The van der Waals surface area contributed by atoms with E-state index in [2.05, 4.69) is 32.7 Å². The zero-order valence-electron chi connectivity index (χ0n) is 13.6. The molecule has 2 heterocycles. The maximum Gasteiger partial charge on any atom is 0.253 e. The quantitative estimate of drug-likeness (QED) is 0.897. The summed E-state index contributed by atoms with van der Waals surface area (Å²) in [5.74, 6) is 0.566. The molecule has 0 aliphatic carbocycles. The maximum absolute atomic E-state index is 12.6. The molecule has 1 unspecified atom stereocenters. The number of carbonyl (C=O) groups excluding carboxylic acids is 1. The number of likely N-dealkylation sites (N-methyl/N-ethyl adjacent to an activating group) is 1. The molecule has 1 aliphatic heterocycles. The van der Waals surface area contributed by atoms with Gasteiger partial charge in [0.25, 0.3) is 5.91 Å². The van der Waals surface area contributed by atoms with Crippen molar-refractivity contribution >= 4 is 5.91 Å². The number of hydrogen-bond donors (Lipinski definition) is 1. The van der Waals surface area contributed by atoms with E-state index in [1.54, 1.807) is 10.7 Å². The Morgan fingerprint density at radius 2 is 2.22 bits per heavy atom. The van der Waals surface area contributed by atoms with Crippen LogP contribution in [-0.4, -0.2) is 56.7 Å². The number of aryl methyl sites for hydroxylation is 1. The van der Waals surface area contributed by atoms with Gasteiger partial charge in [0.2, 0.25) is 0 Å². The Hall–Kier alpha value is -2.28. The summed E-state index contributed by atoms with van der Waals surface area (Å²) >= 11 is 0. The fraction of sp³-hybridized carbons (Fsp3) is 0.500. The fourth-order valence-electron chi connectivity index (χ4n) is 3.15. The molecule has 0 spiro atoms. The number of rotatable bonds is 5. The van der Waals surface area contributed by atoms with Gasteiger partial charge in [-0.1, -0.05) is 19.1 Å². The summed E-state index contributed by atoms with van der Waals surface area (Å²) < 4.78 is 1.59. The van der Waals surface area contributed by atoms with Crippen molar-refractivity contribution in [2.45, 2.75) is 32.7 Å². The van der Waals surface area contributed by atoms with Gasteiger partial charge in [-0.3, -0.25) is 9.69 Å². The molecule has 7 heteroatoms. The Labute approximate surface area is 135 Å². The highest BCUT2D eigenvalue weighted by Gasteiger charge is 2.24. The third-order valence-corrected chi connectivity index (χ3v) is 4.41. The first-order chi connectivity index (χ1) is 11.2.